The molecule has 0 unspecified atom stereocenters. The van der Waals surface area contributed by atoms with Crippen LogP contribution in [0, 0.1) is 5.82 Å². The fourth-order valence-corrected chi connectivity index (χ4v) is 2.68. The second kappa shape index (κ2) is 6.65. The summed E-state index contributed by atoms with van der Waals surface area (Å²) in [6.07, 6.45) is 5.44. The van der Waals surface area contributed by atoms with Gasteiger partial charge in [0.15, 0.2) is 0 Å². The Labute approximate surface area is 122 Å². The first kappa shape index (κ1) is 14.7. The van der Waals surface area contributed by atoms with Crippen LogP contribution in [-0.2, 0) is 0 Å². The molecule has 0 bridgehead atoms. The summed E-state index contributed by atoms with van der Waals surface area (Å²) in [6, 6.07) is 4.19. The third-order valence-corrected chi connectivity index (χ3v) is 3.65. The number of anilines is 1. The van der Waals surface area contributed by atoms with Crippen molar-refractivity contribution >= 4 is 28.9 Å². The van der Waals surface area contributed by atoms with Crippen LogP contribution in [0.25, 0.3) is 0 Å². The number of halogens is 1. The second-order valence-electron chi connectivity index (χ2n) is 4.96. The van der Waals surface area contributed by atoms with Crippen LogP contribution in [-0.4, -0.2) is 17.1 Å². The molecule has 1 fully saturated rings. The van der Waals surface area contributed by atoms with E-state index in [1.54, 1.807) is 6.07 Å². The highest BCUT2D eigenvalue weighted by Crippen LogP contribution is 2.20. The smallest absolute Gasteiger partial charge is 0.319 e. The number of hydrogen-bond donors (Lipinski definition) is 3. The maximum absolute atomic E-state index is 13.7. The van der Waals surface area contributed by atoms with Crippen LogP contribution < -0.4 is 16.4 Å². The predicted octanol–water partition coefficient (Wildman–Crippen LogP) is 2.91. The largest absolute Gasteiger partial charge is 0.389 e. The summed E-state index contributed by atoms with van der Waals surface area (Å²) in [4.78, 5) is 11.9. The van der Waals surface area contributed by atoms with E-state index < -0.39 is 5.82 Å². The minimum Gasteiger partial charge on any atom is -0.389 e. The third kappa shape index (κ3) is 3.66. The zero-order valence-electron chi connectivity index (χ0n) is 11.1. The Balaban J connectivity index is 2.04. The molecule has 0 aromatic heterocycles. The molecule has 6 heteroatoms. The number of amides is 2. The molecular formula is C14H18FN3OS. The zero-order valence-corrected chi connectivity index (χ0v) is 11.9. The van der Waals surface area contributed by atoms with Crippen LogP contribution in [0.2, 0.25) is 0 Å². The van der Waals surface area contributed by atoms with Crippen molar-refractivity contribution in [2.45, 2.75) is 38.1 Å². The highest BCUT2D eigenvalue weighted by atomic mass is 32.1. The van der Waals surface area contributed by atoms with Gasteiger partial charge in [-0.2, -0.15) is 0 Å². The number of carbonyl (C=O) groups excluding carboxylic acids is 1. The van der Waals surface area contributed by atoms with E-state index in [9.17, 15) is 9.18 Å². The Bertz CT molecular complexity index is 515. The van der Waals surface area contributed by atoms with Gasteiger partial charge in [-0.25, -0.2) is 9.18 Å². The van der Waals surface area contributed by atoms with E-state index in [1.807, 2.05) is 0 Å². The topological polar surface area (TPSA) is 67.1 Å². The molecule has 20 heavy (non-hydrogen) atoms. The van der Waals surface area contributed by atoms with Gasteiger partial charge in [-0.3, -0.25) is 0 Å². The number of thiocarbonyl (C=S) groups is 1. The summed E-state index contributed by atoms with van der Waals surface area (Å²) in [5.74, 6) is -0.534. The van der Waals surface area contributed by atoms with Crippen LogP contribution in [0.5, 0.6) is 0 Å². The molecule has 0 aliphatic heterocycles. The van der Waals surface area contributed by atoms with Gasteiger partial charge in [0.2, 0.25) is 0 Å². The predicted molar refractivity (Wildman–Crippen MR) is 81.3 cm³/mol. The van der Waals surface area contributed by atoms with Gasteiger partial charge in [-0.15, -0.1) is 0 Å². The molecule has 1 saturated carbocycles. The first-order chi connectivity index (χ1) is 9.58. The number of urea groups is 1. The van der Waals surface area contributed by atoms with E-state index in [-0.39, 0.29) is 22.6 Å². The molecule has 1 aliphatic rings. The van der Waals surface area contributed by atoms with E-state index in [2.05, 4.69) is 10.6 Å². The molecule has 1 aromatic rings. The average Bonchev–Trinajstić information content (AvgIpc) is 2.39. The van der Waals surface area contributed by atoms with Crippen molar-refractivity contribution < 1.29 is 9.18 Å². The monoisotopic (exact) mass is 295 g/mol. The lowest BCUT2D eigenvalue weighted by atomic mass is 9.96. The van der Waals surface area contributed by atoms with Gasteiger partial charge in [0.25, 0.3) is 0 Å². The van der Waals surface area contributed by atoms with Crippen molar-refractivity contribution in [1.29, 1.82) is 0 Å². The van der Waals surface area contributed by atoms with Crippen molar-refractivity contribution in [3.63, 3.8) is 0 Å². The maximum atomic E-state index is 13.7. The van der Waals surface area contributed by atoms with Crippen LogP contribution in [0.4, 0.5) is 14.9 Å². The van der Waals surface area contributed by atoms with E-state index >= 15 is 0 Å². The first-order valence-corrected chi connectivity index (χ1v) is 7.14. The highest BCUT2D eigenvalue weighted by molar-refractivity contribution is 7.80. The molecule has 2 rings (SSSR count). The summed E-state index contributed by atoms with van der Waals surface area (Å²) >= 11 is 4.82. The van der Waals surface area contributed by atoms with E-state index in [0.717, 1.165) is 25.7 Å². The van der Waals surface area contributed by atoms with Crippen molar-refractivity contribution in [2.75, 3.05) is 5.32 Å². The molecular weight excluding hydrogens is 277 g/mol. The molecule has 0 atom stereocenters. The fraction of sp³-hybridized carbons (Fsp3) is 0.429. The lowest BCUT2D eigenvalue weighted by Crippen LogP contribution is -2.39. The minimum absolute atomic E-state index is 0.0706. The molecule has 4 N–H and O–H groups in total. The van der Waals surface area contributed by atoms with E-state index in [1.165, 1.54) is 18.6 Å². The molecule has 1 aliphatic carbocycles. The van der Waals surface area contributed by atoms with Crippen molar-refractivity contribution in [3.8, 4) is 0 Å². The lowest BCUT2D eigenvalue weighted by Gasteiger charge is -2.23. The van der Waals surface area contributed by atoms with Gasteiger partial charge in [-0.1, -0.05) is 37.5 Å². The number of nitrogens with two attached hydrogens (primary N) is 1. The van der Waals surface area contributed by atoms with Crippen molar-refractivity contribution in [2.24, 2.45) is 5.73 Å². The lowest BCUT2D eigenvalue weighted by molar-refractivity contribution is 0.244. The second-order valence-corrected chi connectivity index (χ2v) is 5.40. The van der Waals surface area contributed by atoms with Crippen LogP contribution in [0.1, 0.15) is 37.7 Å². The van der Waals surface area contributed by atoms with Gasteiger partial charge in [0.1, 0.15) is 10.8 Å². The summed E-state index contributed by atoms with van der Waals surface area (Å²) < 4.78 is 13.7. The Morgan fingerprint density at radius 1 is 1.30 bits per heavy atom. The number of rotatable bonds is 3. The number of hydrogen-bond acceptors (Lipinski definition) is 2. The molecule has 108 valence electrons. The summed E-state index contributed by atoms with van der Waals surface area (Å²) in [5, 5.41) is 5.52. The van der Waals surface area contributed by atoms with Crippen molar-refractivity contribution in [1.82, 2.24) is 5.32 Å². The third-order valence-electron chi connectivity index (χ3n) is 3.45. The van der Waals surface area contributed by atoms with E-state index in [4.69, 9.17) is 18.0 Å². The SMILES string of the molecule is NC(=S)c1c(F)cccc1NC(=O)NC1CCCCC1. The summed E-state index contributed by atoms with van der Waals surface area (Å²) in [6.45, 7) is 0. The normalized spacial score (nSPS) is 15.7. The number of benzene rings is 1. The Morgan fingerprint density at radius 3 is 2.65 bits per heavy atom. The molecule has 0 heterocycles. The van der Waals surface area contributed by atoms with Gasteiger partial charge in [0.05, 0.1) is 11.3 Å². The Kier molecular flexibility index (Phi) is 4.89. The molecule has 0 saturated heterocycles. The fourth-order valence-electron chi connectivity index (χ4n) is 2.47. The van der Waals surface area contributed by atoms with Crippen LogP contribution in [0.3, 0.4) is 0 Å². The first-order valence-electron chi connectivity index (χ1n) is 6.74. The standard InChI is InChI=1S/C14H18FN3OS/c15-10-7-4-8-11(12(10)13(16)20)18-14(19)17-9-5-2-1-3-6-9/h4,7-9H,1-3,5-6H2,(H2,16,20)(H2,17,18,19). The van der Waals surface area contributed by atoms with Gasteiger partial charge >= 0.3 is 6.03 Å². The van der Waals surface area contributed by atoms with Crippen LogP contribution in [0.15, 0.2) is 18.2 Å². The molecule has 4 nitrogen and oxygen atoms in total. The van der Waals surface area contributed by atoms with E-state index in [0.29, 0.717) is 5.69 Å². The number of carbonyl (C=O) groups is 1. The summed E-state index contributed by atoms with van der Waals surface area (Å²) in [7, 11) is 0. The Morgan fingerprint density at radius 2 is 2.00 bits per heavy atom. The molecule has 0 spiro atoms. The van der Waals surface area contributed by atoms with Gasteiger partial charge < -0.3 is 16.4 Å². The average molecular weight is 295 g/mol. The van der Waals surface area contributed by atoms with Crippen molar-refractivity contribution in [3.05, 3.63) is 29.6 Å². The molecule has 2 amide bonds. The number of nitrogens with one attached hydrogen (secondary N) is 2. The zero-order chi connectivity index (χ0) is 14.5. The van der Waals surface area contributed by atoms with Crippen LogP contribution >= 0.6 is 12.2 Å². The quantitative estimate of drug-likeness (QED) is 0.751. The summed E-state index contributed by atoms with van der Waals surface area (Å²) in [5.41, 5.74) is 5.86. The molecule has 1 aromatic carbocycles. The maximum Gasteiger partial charge on any atom is 0.319 e. The van der Waals surface area contributed by atoms with Gasteiger partial charge in [-0.05, 0) is 25.0 Å². The van der Waals surface area contributed by atoms with Gasteiger partial charge in [0, 0.05) is 6.04 Å². The minimum atomic E-state index is -0.534. The molecule has 0 radical (unpaired) electrons. The highest BCUT2D eigenvalue weighted by Gasteiger charge is 2.17. The Hall–Kier alpha value is -1.69.